The van der Waals surface area contributed by atoms with Crippen LogP contribution in [0.5, 0.6) is 0 Å². The van der Waals surface area contributed by atoms with E-state index in [0.717, 1.165) is 0 Å². The van der Waals surface area contributed by atoms with Gasteiger partial charge < -0.3 is 0 Å². The van der Waals surface area contributed by atoms with Gasteiger partial charge in [-0.15, -0.1) is 0 Å². The maximum Gasteiger partial charge on any atom is 0.343 e. The normalized spacial score (nSPS) is 24.6. The van der Waals surface area contributed by atoms with Crippen molar-refractivity contribution < 1.29 is 9.48 Å². The Bertz CT molecular complexity index is 156. The fraction of sp³-hybridized carbons (Fsp3) is 0.571. The second kappa shape index (κ2) is 2.78. The molecule has 1 rings (SSSR count). The van der Waals surface area contributed by atoms with E-state index in [4.69, 9.17) is 0 Å². The molecule has 0 bridgehead atoms. The number of nitrogens with zero attached hydrogens (tertiary/aromatic N) is 1. The zero-order chi connectivity index (χ0) is 6.15. The lowest BCUT2D eigenvalue weighted by atomic mass is 10.6. The maximum absolute atomic E-state index is 2.12. The molecule has 1 unspecified atom stereocenters. The quantitative estimate of drug-likeness (QED) is 0.428. The maximum atomic E-state index is 2.12. The first kappa shape index (κ1) is 8.37. The minimum atomic E-state index is 0. The van der Waals surface area contributed by atoms with Gasteiger partial charge in [0.15, 0.2) is 6.20 Å². The summed E-state index contributed by atoms with van der Waals surface area (Å²) in [5.74, 6) is 1.35. The van der Waals surface area contributed by atoms with Crippen LogP contribution in [0.3, 0.4) is 0 Å². The molecule has 0 saturated carbocycles. The van der Waals surface area contributed by atoms with Crippen molar-refractivity contribution in [3.63, 3.8) is 0 Å². The molecule has 1 aliphatic heterocycles. The first-order valence-electron chi connectivity index (χ1n) is 2.80. The van der Waals surface area contributed by atoms with Gasteiger partial charge in [-0.25, -0.2) is 4.90 Å². The number of hydrogen-bond acceptors (Lipinski definition) is 0. The zero-order valence-electron chi connectivity index (χ0n) is 5.60. The van der Waals surface area contributed by atoms with E-state index >= 15 is 0 Å². The van der Waals surface area contributed by atoms with Crippen molar-refractivity contribution in [3.05, 3.63) is 12.4 Å². The molecule has 0 aliphatic carbocycles. The fourth-order valence-electron chi connectivity index (χ4n) is 0.734. The Hall–Kier alpha value is -0.630. The molecule has 0 saturated heterocycles. The van der Waals surface area contributed by atoms with Crippen molar-refractivity contribution in [2.24, 2.45) is 0 Å². The Labute approximate surface area is 57.1 Å². The largest absolute Gasteiger partial charge is 0.343 e. The van der Waals surface area contributed by atoms with Gasteiger partial charge >= 0.3 is 5.84 Å². The molecule has 52 valence electrons. The lowest BCUT2D eigenvalue weighted by Crippen LogP contribution is -3.06. The van der Waals surface area contributed by atoms with Crippen molar-refractivity contribution >= 4 is 5.84 Å². The van der Waals surface area contributed by atoms with E-state index in [-0.39, 0.29) is 7.43 Å². The lowest BCUT2D eigenvalue weighted by molar-refractivity contribution is -0.734. The third-order valence-corrected chi connectivity index (χ3v) is 1.65. The predicted molar refractivity (Wildman–Crippen MR) is 39.6 cm³/mol. The van der Waals surface area contributed by atoms with E-state index in [2.05, 4.69) is 38.0 Å². The van der Waals surface area contributed by atoms with Gasteiger partial charge in [-0.1, -0.05) is 7.43 Å². The van der Waals surface area contributed by atoms with Gasteiger partial charge in [-0.2, -0.15) is 4.58 Å². The highest BCUT2D eigenvalue weighted by Gasteiger charge is 2.18. The third kappa shape index (κ3) is 1.39. The van der Waals surface area contributed by atoms with E-state index in [1.807, 2.05) is 0 Å². The molecule has 1 atom stereocenters. The van der Waals surface area contributed by atoms with Crippen molar-refractivity contribution in [2.45, 2.75) is 14.4 Å². The smallest absolute Gasteiger partial charge is 0.223 e. The number of rotatable bonds is 0. The van der Waals surface area contributed by atoms with E-state index in [9.17, 15) is 0 Å². The van der Waals surface area contributed by atoms with E-state index in [0.29, 0.717) is 0 Å². The molecule has 2 heteroatoms. The van der Waals surface area contributed by atoms with Crippen LogP contribution >= 0.6 is 0 Å². The Kier molecular flexibility index (Phi) is 2.59. The molecule has 1 aliphatic rings. The molecule has 0 amide bonds. The number of hydrogen-bond donors (Lipinski definition) is 1. The molecule has 0 fully saturated rings. The minimum absolute atomic E-state index is 0. The summed E-state index contributed by atoms with van der Waals surface area (Å²) < 4.78 is 2.12. The number of amidine groups is 1. The first-order valence-corrected chi connectivity index (χ1v) is 2.80. The number of nitrogens with one attached hydrogen (secondary N) is 1. The highest BCUT2D eigenvalue weighted by atomic mass is 15.2. The van der Waals surface area contributed by atoms with Gasteiger partial charge in [0.25, 0.3) is 0 Å². The topological polar surface area (TPSA) is 7.45 Å². The highest BCUT2D eigenvalue weighted by Crippen LogP contribution is 1.75. The summed E-state index contributed by atoms with van der Waals surface area (Å²) in [6.07, 6.45) is 4.19. The summed E-state index contributed by atoms with van der Waals surface area (Å²) in [5.41, 5.74) is 0. The van der Waals surface area contributed by atoms with Gasteiger partial charge in [-0.3, -0.25) is 0 Å². The van der Waals surface area contributed by atoms with Crippen molar-refractivity contribution in [1.29, 1.82) is 0 Å². The summed E-state index contributed by atoms with van der Waals surface area (Å²) in [4.78, 5) is 1.37. The molecule has 0 aromatic carbocycles. The molecule has 1 heterocycles. The molecule has 0 spiro atoms. The van der Waals surface area contributed by atoms with Crippen LogP contribution in [0.15, 0.2) is 12.4 Å². The van der Waals surface area contributed by atoms with Crippen molar-refractivity contribution in [1.82, 2.24) is 0 Å². The van der Waals surface area contributed by atoms with Gasteiger partial charge in [0.1, 0.15) is 7.05 Å². The van der Waals surface area contributed by atoms with E-state index < -0.39 is 0 Å². The molecule has 9 heavy (non-hydrogen) atoms. The zero-order valence-corrected chi connectivity index (χ0v) is 5.60. The number of quaternary nitrogens is 1. The molecular weight excluding hydrogens is 112 g/mol. The standard InChI is InChI=1S/C6H11N2.CH4/c1-6-7(2)4-5-8(6)3;/h4-5H,1-3H3;1H4/q+1;/p+1. The summed E-state index contributed by atoms with van der Waals surface area (Å²) in [5, 5.41) is 0. The summed E-state index contributed by atoms with van der Waals surface area (Å²) in [6.45, 7) is 2.12. The molecule has 2 nitrogen and oxygen atoms in total. The monoisotopic (exact) mass is 128 g/mol. The predicted octanol–water partition coefficient (Wildman–Crippen LogP) is -0.317. The Morgan fingerprint density at radius 2 is 2.11 bits per heavy atom. The van der Waals surface area contributed by atoms with Crippen molar-refractivity contribution in [3.8, 4) is 0 Å². The molecular formula is C7H16N2+2. The highest BCUT2D eigenvalue weighted by molar-refractivity contribution is 5.66. The average Bonchev–Trinajstić information content (AvgIpc) is 1.98. The molecule has 0 aromatic rings. The fourth-order valence-corrected chi connectivity index (χ4v) is 0.734. The van der Waals surface area contributed by atoms with Gasteiger partial charge in [0, 0.05) is 0 Å². The van der Waals surface area contributed by atoms with Crippen LogP contribution in [-0.4, -0.2) is 24.5 Å². The summed E-state index contributed by atoms with van der Waals surface area (Å²) >= 11 is 0. The van der Waals surface area contributed by atoms with Crippen LogP contribution in [0.1, 0.15) is 14.4 Å². The lowest BCUT2D eigenvalue weighted by Gasteiger charge is -1.93. The van der Waals surface area contributed by atoms with Gasteiger partial charge in [-0.05, 0) is 0 Å². The second-order valence-corrected chi connectivity index (χ2v) is 2.20. The molecule has 1 N–H and O–H groups in total. The van der Waals surface area contributed by atoms with Crippen LogP contribution in [-0.2, 0) is 0 Å². The Morgan fingerprint density at radius 3 is 2.22 bits per heavy atom. The second-order valence-electron chi connectivity index (χ2n) is 2.20. The van der Waals surface area contributed by atoms with Crippen LogP contribution in [0.4, 0.5) is 0 Å². The third-order valence-electron chi connectivity index (χ3n) is 1.65. The van der Waals surface area contributed by atoms with Crippen LogP contribution in [0.25, 0.3) is 0 Å². The Balaban J connectivity index is 0.000000640. The van der Waals surface area contributed by atoms with Gasteiger partial charge in [0.2, 0.25) is 6.20 Å². The SMILES string of the molecule is C.CC1=[N+](C)C=C[NH+]1C. The summed E-state index contributed by atoms with van der Waals surface area (Å²) in [7, 11) is 4.18. The van der Waals surface area contributed by atoms with Gasteiger partial charge in [0.05, 0.1) is 14.0 Å². The van der Waals surface area contributed by atoms with E-state index in [1.165, 1.54) is 10.7 Å². The van der Waals surface area contributed by atoms with E-state index in [1.54, 1.807) is 0 Å². The van der Waals surface area contributed by atoms with Crippen LogP contribution in [0.2, 0.25) is 0 Å². The molecule has 0 aromatic heterocycles. The molecule has 0 radical (unpaired) electrons. The summed E-state index contributed by atoms with van der Waals surface area (Å²) in [6, 6.07) is 0. The van der Waals surface area contributed by atoms with Crippen LogP contribution < -0.4 is 4.90 Å². The van der Waals surface area contributed by atoms with Crippen molar-refractivity contribution in [2.75, 3.05) is 14.1 Å². The Morgan fingerprint density at radius 1 is 1.56 bits per heavy atom. The first-order chi connectivity index (χ1) is 3.72. The van der Waals surface area contributed by atoms with Crippen LogP contribution in [0, 0.1) is 0 Å². The average molecular weight is 128 g/mol. The minimum Gasteiger partial charge on any atom is -0.223 e.